The largest absolute Gasteiger partial charge is 0.357 e. The van der Waals surface area contributed by atoms with Gasteiger partial charge in [-0.1, -0.05) is 59.7 Å². The summed E-state index contributed by atoms with van der Waals surface area (Å²) in [6, 6.07) is 18.8. The zero-order chi connectivity index (χ0) is 27.3. The number of nitrogens with zero attached hydrogens (tertiary/aromatic N) is 2. The van der Waals surface area contributed by atoms with Crippen LogP contribution in [0.5, 0.6) is 0 Å². The molecule has 0 bridgehead atoms. The van der Waals surface area contributed by atoms with Crippen LogP contribution in [-0.4, -0.2) is 44.8 Å². The molecule has 3 aromatic rings. The number of anilines is 1. The summed E-state index contributed by atoms with van der Waals surface area (Å²) in [6.07, 6.45) is 0. The van der Waals surface area contributed by atoms with Crippen molar-refractivity contribution >= 4 is 27.5 Å². The minimum absolute atomic E-state index is 0.0932. The topological polar surface area (TPSA) is 86.8 Å². The van der Waals surface area contributed by atoms with Crippen molar-refractivity contribution < 1.29 is 18.0 Å². The van der Waals surface area contributed by atoms with Gasteiger partial charge in [0.15, 0.2) is 0 Å². The van der Waals surface area contributed by atoms with E-state index in [0.717, 1.165) is 32.1 Å². The van der Waals surface area contributed by atoms with Gasteiger partial charge in [0.05, 0.1) is 10.6 Å². The molecule has 0 saturated heterocycles. The molecule has 196 valence electrons. The van der Waals surface area contributed by atoms with Crippen molar-refractivity contribution in [3.63, 3.8) is 0 Å². The molecule has 3 rings (SSSR count). The third-order valence-electron chi connectivity index (χ3n) is 6.52. The Bertz CT molecular complexity index is 1380. The molecule has 0 unspecified atom stereocenters. The van der Waals surface area contributed by atoms with Crippen LogP contribution < -0.4 is 9.62 Å². The SMILES string of the molecule is CNC(=O)[C@H](C)N(Cc1ccccc1C)C(=O)CN(c1ccc(C)cc1C)S(=O)(=O)c1ccc(C)cc1. The summed E-state index contributed by atoms with van der Waals surface area (Å²) in [7, 11) is -2.57. The second-order valence-electron chi connectivity index (χ2n) is 9.35. The van der Waals surface area contributed by atoms with Gasteiger partial charge >= 0.3 is 0 Å². The Labute approximate surface area is 220 Å². The smallest absolute Gasteiger partial charge is 0.264 e. The Morgan fingerprint density at radius 2 is 1.49 bits per heavy atom. The average molecular weight is 522 g/mol. The maximum absolute atomic E-state index is 13.9. The zero-order valence-corrected chi connectivity index (χ0v) is 23.1. The van der Waals surface area contributed by atoms with Crippen LogP contribution in [-0.2, 0) is 26.2 Å². The van der Waals surface area contributed by atoms with Gasteiger partial charge in [-0.25, -0.2) is 8.42 Å². The van der Waals surface area contributed by atoms with Crippen LogP contribution in [0.2, 0.25) is 0 Å². The molecule has 1 N–H and O–H groups in total. The van der Waals surface area contributed by atoms with Gasteiger partial charge in [-0.15, -0.1) is 0 Å². The van der Waals surface area contributed by atoms with Crippen molar-refractivity contribution in [2.24, 2.45) is 0 Å². The molecule has 0 fully saturated rings. The highest BCUT2D eigenvalue weighted by atomic mass is 32.2. The number of benzene rings is 3. The van der Waals surface area contributed by atoms with Gasteiger partial charge in [-0.05, 0) is 69.5 Å². The molecule has 0 heterocycles. The van der Waals surface area contributed by atoms with Crippen molar-refractivity contribution in [2.45, 2.75) is 52.1 Å². The zero-order valence-electron chi connectivity index (χ0n) is 22.3. The van der Waals surface area contributed by atoms with Crippen LogP contribution in [0.15, 0.2) is 71.6 Å². The molecule has 0 aliphatic heterocycles. The number of aryl methyl sites for hydroxylation is 4. The van der Waals surface area contributed by atoms with Crippen LogP contribution in [0.3, 0.4) is 0 Å². The molecule has 3 aromatic carbocycles. The number of hydrogen-bond donors (Lipinski definition) is 1. The predicted molar refractivity (Wildman–Crippen MR) is 147 cm³/mol. The Hall–Kier alpha value is -3.65. The minimum atomic E-state index is -4.08. The third-order valence-corrected chi connectivity index (χ3v) is 8.30. The van der Waals surface area contributed by atoms with E-state index in [1.54, 1.807) is 37.3 Å². The van der Waals surface area contributed by atoms with Crippen LogP contribution in [0.4, 0.5) is 5.69 Å². The Balaban J connectivity index is 2.08. The highest BCUT2D eigenvalue weighted by Crippen LogP contribution is 2.28. The summed E-state index contributed by atoms with van der Waals surface area (Å²) in [5.41, 5.74) is 4.91. The van der Waals surface area contributed by atoms with E-state index in [1.807, 2.05) is 64.1 Å². The van der Waals surface area contributed by atoms with E-state index in [-0.39, 0.29) is 17.3 Å². The van der Waals surface area contributed by atoms with Crippen molar-refractivity contribution in [1.29, 1.82) is 0 Å². The number of likely N-dealkylation sites (N-methyl/N-ethyl adjacent to an activating group) is 1. The van der Waals surface area contributed by atoms with Gasteiger partial charge < -0.3 is 10.2 Å². The van der Waals surface area contributed by atoms with Gasteiger partial charge in [-0.2, -0.15) is 0 Å². The molecule has 1 atom stereocenters. The first kappa shape index (κ1) is 27.9. The average Bonchev–Trinajstić information content (AvgIpc) is 2.86. The molecule has 0 aliphatic carbocycles. The standard InChI is InChI=1S/C29H35N3O4S/c1-20-11-14-26(15-12-20)37(35,36)32(27-16-13-21(2)17-23(27)4)19-28(33)31(24(5)29(34)30-6)18-25-10-8-7-9-22(25)3/h7-17,24H,18-19H2,1-6H3,(H,30,34)/t24-/m0/s1. The summed E-state index contributed by atoms with van der Waals surface area (Å²) >= 11 is 0. The molecule has 0 radical (unpaired) electrons. The fraction of sp³-hybridized carbons (Fsp3) is 0.310. The number of amides is 2. The Morgan fingerprint density at radius 1 is 0.865 bits per heavy atom. The summed E-state index contributed by atoms with van der Waals surface area (Å²) in [6.45, 7) is 8.93. The van der Waals surface area contributed by atoms with Gasteiger partial charge in [-0.3, -0.25) is 13.9 Å². The van der Waals surface area contributed by atoms with E-state index in [0.29, 0.717) is 5.69 Å². The van der Waals surface area contributed by atoms with Gasteiger partial charge in [0.25, 0.3) is 10.0 Å². The van der Waals surface area contributed by atoms with E-state index in [2.05, 4.69) is 5.32 Å². The van der Waals surface area contributed by atoms with Crippen molar-refractivity contribution in [2.75, 3.05) is 17.9 Å². The lowest BCUT2D eigenvalue weighted by molar-refractivity contribution is -0.139. The highest BCUT2D eigenvalue weighted by Gasteiger charge is 2.33. The molecule has 0 saturated carbocycles. The molecule has 0 spiro atoms. The summed E-state index contributed by atoms with van der Waals surface area (Å²) in [4.78, 5) is 28.0. The van der Waals surface area contributed by atoms with Gasteiger partial charge in [0.1, 0.15) is 12.6 Å². The van der Waals surface area contributed by atoms with Gasteiger partial charge in [0, 0.05) is 13.6 Å². The number of sulfonamides is 1. The van der Waals surface area contributed by atoms with Crippen LogP contribution in [0.1, 0.15) is 34.7 Å². The summed E-state index contributed by atoms with van der Waals surface area (Å²) in [5, 5.41) is 2.60. The number of rotatable bonds is 9. The molecular formula is C29H35N3O4S. The first-order valence-electron chi connectivity index (χ1n) is 12.2. The molecule has 0 aromatic heterocycles. The van der Waals surface area contributed by atoms with E-state index >= 15 is 0 Å². The Kier molecular flexibility index (Phi) is 8.76. The van der Waals surface area contributed by atoms with Crippen molar-refractivity contribution in [3.8, 4) is 0 Å². The highest BCUT2D eigenvalue weighted by molar-refractivity contribution is 7.92. The molecule has 0 aliphatic rings. The molecule has 2 amide bonds. The van der Waals surface area contributed by atoms with E-state index in [4.69, 9.17) is 0 Å². The first-order valence-corrected chi connectivity index (χ1v) is 13.6. The fourth-order valence-corrected chi connectivity index (χ4v) is 5.68. The van der Waals surface area contributed by atoms with Crippen LogP contribution in [0.25, 0.3) is 0 Å². The molecule has 37 heavy (non-hydrogen) atoms. The second-order valence-corrected chi connectivity index (χ2v) is 11.2. The Morgan fingerprint density at radius 3 is 2.08 bits per heavy atom. The van der Waals surface area contributed by atoms with Crippen LogP contribution >= 0.6 is 0 Å². The summed E-state index contributed by atoms with van der Waals surface area (Å²) < 4.78 is 28.9. The normalized spacial score (nSPS) is 12.1. The number of carbonyl (C=O) groups is 2. The van der Waals surface area contributed by atoms with E-state index in [9.17, 15) is 18.0 Å². The number of hydrogen-bond acceptors (Lipinski definition) is 4. The van der Waals surface area contributed by atoms with Crippen LogP contribution in [0, 0.1) is 27.7 Å². The predicted octanol–water partition coefficient (Wildman–Crippen LogP) is 4.28. The lowest BCUT2D eigenvalue weighted by atomic mass is 10.1. The maximum Gasteiger partial charge on any atom is 0.264 e. The minimum Gasteiger partial charge on any atom is -0.357 e. The number of carbonyl (C=O) groups excluding carboxylic acids is 2. The third kappa shape index (κ3) is 6.38. The monoisotopic (exact) mass is 521 g/mol. The van der Waals surface area contributed by atoms with Gasteiger partial charge in [0.2, 0.25) is 11.8 Å². The second kappa shape index (κ2) is 11.6. The lowest BCUT2D eigenvalue weighted by Crippen LogP contribution is -2.50. The molecule has 7 nitrogen and oxygen atoms in total. The summed E-state index contributed by atoms with van der Waals surface area (Å²) in [5.74, 6) is -0.809. The van der Waals surface area contributed by atoms with E-state index < -0.39 is 28.5 Å². The van der Waals surface area contributed by atoms with E-state index in [1.165, 1.54) is 11.9 Å². The fourth-order valence-electron chi connectivity index (χ4n) is 4.20. The van der Waals surface area contributed by atoms with Crippen molar-refractivity contribution in [3.05, 3.63) is 94.5 Å². The lowest BCUT2D eigenvalue weighted by Gasteiger charge is -2.32. The van der Waals surface area contributed by atoms with Crippen molar-refractivity contribution in [1.82, 2.24) is 10.2 Å². The molecule has 8 heteroatoms. The first-order chi connectivity index (χ1) is 17.4. The molecular weight excluding hydrogens is 486 g/mol. The maximum atomic E-state index is 13.9. The number of nitrogens with one attached hydrogen (secondary N) is 1. The quantitative estimate of drug-likeness (QED) is 0.455.